The first kappa shape index (κ1) is 23.5. The van der Waals surface area contributed by atoms with E-state index in [1.54, 1.807) is 0 Å². The third kappa shape index (κ3) is 2.80. The van der Waals surface area contributed by atoms with Gasteiger partial charge in [0.25, 0.3) is 0 Å². The molecule has 0 aromatic heterocycles. The Morgan fingerprint density at radius 3 is 2.46 bits per heavy atom. The smallest absolute Gasteiger partial charge is 0.248 e. The van der Waals surface area contributed by atoms with Crippen LogP contribution in [0.15, 0.2) is 65.3 Å². The molecule has 2 atom stereocenters. The van der Waals surface area contributed by atoms with Gasteiger partial charge in [0.2, 0.25) is 11.8 Å². The minimum Gasteiger partial charge on any atom is -0.444 e. The van der Waals surface area contributed by atoms with Crippen molar-refractivity contribution in [1.82, 2.24) is 0 Å². The van der Waals surface area contributed by atoms with E-state index in [0.29, 0.717) is 42.6 Å². The van der Waals surface area contributed by atoms with Gasteiger partial charge in [0, 0.05) is 29.4 Å². The maximum atomic E-state index is 14.9. The third-order valence-corrected chi connectivity index (χ3v) is 8.83. The molecule has 4 aliphatic rings. The van der Waals surface area contributed by atoms with Crippen molar-refractivity contribution in [1.29, 1.82) is 5.26 Å². The average molecular weight is 494 g/mol. The van der Waals surface area contributed by atoms with Crippen LogP contribution in [0.2, 0.25) is 0 Å². The number of nitrogens with two attached hydrogens (primary N) is 1. The molecule has 0 fully saturated rings. The Labute approximate surface area is 217 Å². The zero-order valence-electron chi connectivity index (χ0n) is 21.8. The highest BCUT2D eigenvalue weighted by molar-refractivity contribution is 6.21. The number of hydrogen-bond donors (Lipinski definition) is 1. The van der Waals surface area contributed by atoms with Gasteiger partial charge in [-0.2, -0.15) is 5.26 Å². The molecule has 2 aromatic rings. The molecule has 1 amide bonds. The van der Waals surface area contributed by atoms with Crippen LogP contribution < -0.4 is 10.6 Å². The maximum absolute atomic E-state index is 14.9. The van der Waals surface area contributed by atoms with E-state index in [1.165, 1.54) is 5.56 Å². The second-order valence-corrected chi connectivity index (χ2v) is 11.5. The van der Waals surface area contributed by atoms with E-state index < -0.39 is 11.0 Å². The Hall–Kier alpha value is -3.85. The van der Waals surface area contributed by atoms with Crippen LogP contribution in [0.5, 0.6) is 0 Å². The number of allylic oxidation sites excluding steroid dienone is 1. The Morgan fingerprint density at radius 2 is 1.78 bits per heavy atom. The van der Waals surface area contributed by atoms with Crippen molar-refractivity contribution in [2.75, 3.05) is 4.90 Å². The van der Waals surface area contributed by atoms with Crippen molar-refractivity contribution in [3.63, 3.8) is 0 Å². The Bertz CT molecular complexity index is 1490. The van der Waals surface area contributed by atoms with E-state index >= 15 is 0 Å². The van der Waals surface area contributed by atoms with Crippen LogP contribution in [-0.2, 0) is 31.6 Å². The summed E-state index contributed by atoms with van der Waals surface area (Å²) in [5.41, 5.74) is 8.88. The molecule has 0 bridgehead atoms. The summed E-state index contributed by atoms with van der Waals surface area (Å²) in [6.07, 6.45) is 2.89. The number of Topliss-reactive ketones (excluding diaryl/α,β-unsaturated/α-hetero) is 1. The van der Waals surface area contributed by atoms with Gasteiger partial charge < -0.3 is 15.4 Å². The quantitative estimate of drug-likeness (QED) is 0.631. The molecule has 0 saturated carbocycles. The molecule has 2 aromatic carbocycles. The summed E-state index contributed by atoms with van der Waals surface area (Å²) < 4.78 is 5.87. The average Bonchev–Trinajstić information content (AvgIpc) is 3.12. The number of nitrogens with zero attached hydrogens (tertiary/aromatic N) is 2. The maximum Gasteiger partial charge on any atom is 0.248 e. The summed E-state index contributed by atoms with van der Waals surface area (Å²) in [7, 11) is 0. The molecule has 6 rings (SSSR count). The SMILES string of the molecule is CCc1cc2c3c(c1)[C@](C)(c1ccccc1)CC(C)(C)N3C(=O)[C@]21C(C#N)=C(N)OC2=C1C(=O)CCC2. The lowest BCUT2D eigenvalue weighted by Crippen LogP contribution is -2.58. The number of fused-ring (bicyclic) bond motifs is 2. The number of aryl methyl sites for hydroxylation is 1. The summed E-state index contributed by atoms with van der Waals surface area (Å²) in [6.45, 7) is 8.46. The molecule has 1 spiro atoms. The van der Waals surface area contributed by atoms with Crippen molar-refractivity contribution >= 4 is 17.4 Å². The van der Waals surface area contributed by atoms with Crippen LogP contribution in [-0.4, -0.2) is 17.2 Å². The summed E-state index contributed by atoms with van der Waals surface area (Å²) >= 11 is 0. The first-order chi connectivity index (χ1) is 17.6. The second kappa shape index (κ2) is 7.58. The number of carbonyl (C=O) groups is 2. The monoisotopic (exact) mass is 493 g/mol. The van der Waals surface area contributed by atoms with Crippen LogP contribution in [0.1, 0.15) is 75.6 Å². The lowest BCUT2D eigenvalue weighted by molar-refractivity contribution is -0.125. The number of hydrogen-bond acceptors (Lipinski definition) is 5. The molecule has 0 unspecified atom stereocenters. The van der Waals surface area contributed by atoms with E-state index in [4.69, 9.17) is 10.5 Å². The van der Waals surface area contributed by atoms with Crippen molar-refractivity contribution < 1.29 is 14.3 Å². The first-order valence-electron chi connectivity index (χ1n) is 13.0. The molecule has 0 saturated heterocycles. The van der Waals surface area contributed by atoms with Gasteiger partial charge in [0.1, 0.15) is 22.8 Å². The van der Waals surface area contributed by atoms with Crippen LogP contribution in [0.4, 0.5) is 5.69 Å². The predicted molar refractivity (Wildman–Crippen MR) is 140 cm³/mol. The lowest BCUT2D eigenvalue weighted by Gasteiger charge is -2.50. The fourth-order valence-corrected chi connectivity index (χ4v) is 7.36. The summed E-state index contributed by atoms with van der Waals surface area (Å²) in [6, 6.07) is 16.8. The van der Waals surface area contributed by atoms with E-state index in [-0.39, 0.29) is 28.6 Å². The highest BCUT2D eigenvalue weighted by atomic mass is 16.5. The van der Waals surface area contributed by atoms with Crippen LogP contribution in [0.25, 0.3) is 0 Å². The molecule has 6 nitrogen and oxygen atoms in total. The summed E-state index contributed by atoms with van der Waals surface area (Å²) in [5, 5.41) is 10.4. The molecule has 3 aliphatic heterocycles. The Morgan fingerprint density at radius 1 is 1.08 bits per heavy atom. The van der Waals surface area contributed by atoms with Gasteiger partial charge in [-0.05, 0) is 49.8 Å². The number of amides is 1. The number of nitriles is 1. The topological polar surface area (TPSA) is 96.4 Å². The normalized spacial score (nSPS) is 27.7. The molecule has 2 N–H and O–H groups in total. The lowest BCUT2D eigenvalue weighted by atomic mass is 9.63. The van der Waals surface area contributed by atoms with Gasteiger partial charge >= 0.3 is 0 Å². The van der Waals surface area contributed by atoms with Crippen molar-refractivity contribution in [2.24, 2.45) is 5.73 Å². The number of rotatable bonds is 2. The van der Waals surface area contributed by atoms with Gasteiger partial charge in [-0.15, -0.1) is 0 Å². The van der Waals surface area contributed by atoms with Gasteiger partial charge in [-0.25, -0.2) is 0 Å². The van der Waals surface area contributed by atoms with Crippen molar-refractivity contribution in [3.8, 4) is 6.07 Å². The number of carbonyl (C=O) groups excluding carboxylic acids is 2. The van der Waals surface area contributed by atoms with E-state index in [1.807, 2.05) is 29.2 Å². The molecule has 0 radical (unpaired) electrons. The molecule has 1 aliphatic carbocycles. The Kier molecular flexibility index (Phi) is 4.82. The fourth-order valence-electron chi connectivity index (χ4n) is 7.36. The van der Waals surface area contributed by atoms with E-state index in [0.717, 1.165) is 23.2 Å². The predicted octanol–water partition coefficient (Wildman–Crippen LogP) is 5.05. The largest absolute Gasteiger partial charge is 0.444 e. The molecule has 6 heteroatoms. The minimum atomic E-state index is -1.58. The molecular formula is C31H31N3O3. The highest BCUT2D eigenvalue weighted by Gasteiger charge is 2.66. The standard InChI is InChI=1S/C31H31N3O3/c1-5-18-14-20-26-21(15-18)31(22(16-32)27(33)37-24-13-9-12-23(35)25(24)31)28(36)34(26)29(2,3)17-30(20,4)19-10-7-6-8-11-19/h6-8,10-11,14-15H,5,9,12-13,17,33H2,1-4H3/t30-,31-/m0/s1. The van der Waals surface area contributed by atoms with Crippen LogP contribution in [0.3, 0.4) is 0 Å². The van der Waals surface area contributed by atoms with Gasteiger partial charge in [-0.1, -0.05) is 56.3 Å². The van der Waals surface area contributed by atoms with Crippen molar-refractivity contribution in [2.45, 2.75) is 76.2 Å². The number of benzene rings is 2. The van der Waals surface area contributed by atoms with Gasteiger partial charge in [0.15, 0.2) is 5.78 Å². The van der Waals surface area contributed by atoms with Gasteiger partial charge in [0.05, 0.1) is 11.3 Å². The van der Waals surface area contributed by atoms with E-state index in [2.05, 4.69) is 52.0 Å². The highest BCUT2D eigenvalue weighted by Crippen LogP contribution is 2.63. The number of ketones is 1. The first-order valence-corrected chi connectivity index (χ1v) is 13.0. The molecule has 188 valence electrons. The number of ether oxygens (including phenoxy) is 1. The molecular weight excluding hydrogens is 462 g/mol. The van der Waals surface area contributed by atoms with Crippen molar-refractivity contribution in [3.05, 3.63) is 87.5 Å². The minimum absolute atomic E-state index is 0.0218. The molecule has 37 heavy (non-hydrogen) atoms. The second-order valence-electron chi connectivity index (χ2n) is 11.5. The number of anilines is 1. The fraction of sp³-hybridized carbons (Fsp3) is 0.387. The van der Waals surface area contributed by atoms with E-state index in [9.17, 15) is 14.9 Å². The summed E-state index contributed by atoms with van der Waals surface area (Å²) in [5.74, 6) is -0.0692. The molecule has 3 heterocycles. The Balaban J connectivity index is 1.78. The van der Waals surface area contributed by atoms with Gasteiger partial charge in [-0.3, -0.25) is 9.59 Å². The third-order valence-electron chi connectivity index (χ3n) is 8.83. The summed E-state index contributed by atoms with van der Waals surface area (Å²) in [4.78, 5) is 30.3. The van der Waals surface area contributed by atoms with Crippen LogP contribution in [0, 0.1) is 11.3 Å². The van der Waals surface area contributed by atoms with Crippen LogP contribution >= 0.6 is 0 Å². The zero-order chi connectivity index (χ0) is 26.3. The zero-order valence-corrected chi connectivity index (χ0v) is 21.8.